The van der Waals surface area contributed by atoms with E-state index in [-0.39, 0.29) is 0 Å². The van der Waals surface area contributed by atoms with E-state index in [0.29, 0.717) is 18.6 Å². The molecule has 0 bridgehead atoms. The van der Waals surface area contributed by atoms with E-state index in [1.807, 2.05) is 6.20 Å². The van der Waals surface area contributed by atoms with Crippen LogP contribution in [0.25, 0.3) is 0 Å². The van der Waals surface area contributed by atoms with Crippen LogP contribution in [0.5, 0.6) is 0 Å². The monoisotopic (exact) mass is 219 g/mol. The number of anilines is 1. The fraction of sp³-hybridized carbons (Fsp3) is 0.615. The van der Waals surface area contributed by atoms with Gasteiger partial charge in [0.15, 0.2) is 0 Å². The standard InChI is InChI=1S/C13H21N3/c1-10-4-3-5-11(2)16(10)13-7-6-12(8-14)9-15-13/h6-7,9-11H,3-5,8,14H2,1-2H3. The molecule has 2 heterocycles. The lowest BCUT2D eigenvalue weighted by Crippen LogP contribution is -2.44. The topological polar surface area (TPSA) is 42.1 Å². The summed E-state index contributed by atoms with van der Waals surface area (Å²) in [6.07, 6.45) is 5.76. The summed E-state index contributed by atoms with van der Waals surface area (Å²) in [7, 11) is 0. The molecule has 1 fully saturated rings. The summed E-state index contributed by atoms with van der Waals surface area (Å²) in [6, 6.07) is 5.37. The maximum absolute atomic E-state index is 5.58. The summed E-state index contributed by atoms with van der Waals surface area (Å²) < 4.78 is 0. The van der Waals surface area contributed by atoms with Gasteiger partial charge in [0.25, 0.3) is 0 Å². The molecule has 1 saturated heterocycles. The van der Waals surface area contributed by atoms with Crippen LogP contribution in [0.15, 0.2) is 18.3 Å². The third-order valence-electron chi connectivity index (χ3n) is 3.50. The molecule has 2 N–H and O–H groups in total. The second kappa shape index (κ2) is 4.83. The molecule has 88 valence electrons. The number of rotatable bonds is 2. The van der Waals surface area contributed by atoms with Crippen molar-refractivity contribution in [3.63, 3.8) is 0 Å². The Balaban J connectivity index is 2.20. The summed E-state index contributed by atoms with van der Waals surface area (Å²) in [5.74, 6) is 1.09. The highest BCUT2D eigenvalue weighted by atomic mass is 15.2. The van der Waals surface area contributed by atoms with Crippen LogP contribution >= 0.6 is 0 Å². The van der Waals surface area contributed by atoms with Gasteiger partial charge in [-0.1, -0.05) is 6.07 Å². The van der Waals surface area contributed by atoms with Crippen LogP contribution in [-0.2, 0) is 6.54 Å². The molecule has 1 aromatic rings. The largest absolute Gasteiger partial charge is 0.351 e. The van der Waals surface area contributed by atoms with Crippen LogP contribution in [0.3, 0.4) is 0 Å². The van der Waals surface area contributed by atoms with Gasteiger partial charge in [-0.15, -0.1) is 0 Å². The molecule has 0 aromatic carbocycles. The molecule has 2 atom stereocenters. The lowest BCUT2D eigenvalue weighted by Gasteiger charge is -2.40. The zero-order valence-electron chi connectivity index (χ0n) is 10.2. The number of nitrogens with zero attached hydrogens (tertiary/aromatic N) is 2. The van der Waals surface area contributed by atoms with Crippen LogP contribution in [0.1, 0.15) is 38.7 Å². The van der Waals surface area contributed by atoms with E-state index in [2.05, 4.69) is 35.9 Å². The maximum Gasteiger partial charge on any atom is 0.128 e. The van der Waals surface area contributed by atoms with Gasteiger partial charge in [-0.2, -0.15) is 0 Å². The van der Waals surface area contributed by atoms with Crippen molar-refractivity contribution in [1.29, 1.82) is 0 Å². The molecule has 0 saturated carbocycles. The van der Waals surface area contributed by atoms with Crippen molar-refractivity contribution in [2.45, 2.75) is 51.7 Å². The highest BCUT2D eigenvalue weighted by molar-refractivity contribution is 5.42. The molecular formula is C13H21N3. The molecule has 3 heteroatoms. The Kier molecular flexibility index (Phi) is 3.44. The van der Waals surface area contributed by atoms with Gasteiger partial charge in [0, 0.05) is 24.8 Å². The highest BCUT2D eigenvalue weighted by Crippen LogP contribution is 2.27. The van der Waals surface area contributed by atoms with Crippen molar-refractivity contribution in [1.82, 2.24) is 4.98 Å². The van der Waals surface area contributed by atoms with Gasteiger partial charge in [-0.25, -0.2) is 4.98 Å². The molecule has 0 amide bonds. The van der Waals surface area contributed by atoms with E-state index >= 15 is 0 Å². The number of piperidine rings is 1. The third kappa shape index (κ3) is 2.19. The van der Waals surface area contributed by atoms with Crippen LogP contribution in [0, 0.1) is 0 Å². The molecule has 0 radical (unpaired) electrons. The van der Waals surface area contributed by atoms with Crippen molar-refractivity contribution < 1.29 is 0 Å². The number of nitrogens with two attached hydrogens (primary N) is 1. The van der Waals surface area contributed by atoms with E-state index < -0.39 is 0 Å². The number of pyridine rings is 1. The minimum absolute atomic E-state index is 0.568. The minimum Gasteiger partial charge on any atom is -0.351 e. The quantitative estimate of drug-likeness (QED) is 0.830. The lowest BCUT2D eigenvalue weighted by molar-refractivity contribution is 0.411. The first-order chi connectivity index (χ1) is 7.72. The van der Waals surface area contributed by atoms with Crippen LogP contribution in [-0.4, -0.2) is 17.1 Å². The van der Waals surface area contributed by atoms with Gasteiger partial charge >= 0.3 is 0 Å². The fourth-order valence-electron chi connectivity index (χ4n) is 2.56. The summed E-state index contributed by atoms with van der Waals surface area (Å²) in [5, 5.41) is 0. The molecule has 1 aromatic heterocycles. The van der Waals surface area contributed by atoms with Crippen LogP contribution in [0.4, 0.5) is 5.82 Å². The van der Waals surface area contributed by atoms with Gasteiger partial charge in [0.05, 0.1) is 0 Å². The Bertz CT molecular complexity index is 324. The predicted molar refractivity (Wildman–Crippen MR) is 67.4 cm³/mol. The second-order valence-corrected chi connectivity index (χ2v) is 4.76. The Morgan fingerprint density at radius 1 is 1.31 bits per heavy atom. The van der Waals surface area contributed by atoms with Gasteiger partial charge in [0.2, 0.25) is 0 Å². The molecule has 1 aliphatic rings. The molecule has 2 unspecified atom stereocenters. The molecule has 0 spiro atoms. The van der Waals surface area contributed by atoms with Crippen molar-refractivity contribution in [3.8, 4) is 0 Å². The van der Waals surface area contributed by atoms with E-state index in [1.165, 1.54) is 19.3 Å². The Labute approximate surface area is 97.7 Å². The van der Waals surface area contributed by atoms with E-state index in [0.717, 1.165) is 11.4 Å². The summed E-state index contributed by atoms with van der Waals surface area (Å²) in [6.45, 7) is 5.14. The Hall–Kier alpha value is -1.09. The molecule has 1 aliphatic heterocycles. The van der Waals surface area contributed by atoms with Gasteiger partial charge in [-0.05, 0) is 44.7 Å². The van der Waals surface area contributed by atoms with Crippen LogP contribution in [0.2, 0.25) is 0 Å². The molecular weight excluding hydrogens is 198 g/mol. The number of hydrogen-bond acceptors (Lipinski definition) is 3. The first-order valence-electron chi connectivity index (χ1n) is 6.15. The fourth-order valence-corrected chi connectivity index (χ4v) is 2.56. The smallest absolute Gasteiger partial charge is 0.128 e. The minimum atomic E-state index is 0.568. The van der Waals surface area contributed by atoms with Gasteiger partial charge in [0.1, 0.15) is 5.82 Å². The van der Waals surface area contributed by atoms with Crippen molar-refractivity contribution in [3.05, 3.63) is 23.9 Å². The van der Waals surface area contributed by atoms with E-state index in [9.17, 15) is 0 Å². The van der Waals surface area contributed by atoms with Crippen molar-refractivity contribution >= 4 is 5.82 Å². The van der Waals surface area contributed by atoms with Gasteiger partial charge in [-0.3, -0.25) is 0 Å². The SMILES string of the molecule is CC1CCCC(C)N1c1ccc(CN)cn1. The Morgan fingerprint density at radius 2 is 2.00 bits per heavy atom. The van der Waals surface area contributed by atoms with Gasteiger partial charge < -0.3 is 10.6 Å². The molecule has 2 rings (SSSR count). The first kappa shape index (κ1) is 11.4. The predicted octanol–water partition coefficient (Wildman–Crippen LogP) is 2.31. The highest BCUT2D eigenvalue weighted by Gasteiger charge is 2.25. The number of hydrogen-bond donors (Lipinski definition) is 1. The molecule has 16 heavy (non-hydrogen) atoms. The van der Waals surface area contributed by atoms with Crippen LogP contribution < -0.4 is 10.6 Å². The zero-order valence-corrected chi connectivity index (χ0v) is 10.2. The summed E-state index contributed by atoms with van der Waals surface area (Å²) in [5.41, 5.74) is 6.68. The van der Waals surface area contributed by atoms with E-state index in [4.69, 9.17) is 5.73 Å². The van der Waals surface area contributed by atoms with Crippen molar-refractivity contribution in [2.24, 2.45) is 5.73 Å². The summed E-state index contributed by atoms with van der Waals surface area (Å²) >= 11 is 0. The van der Waals surface area contributed by atoms with E-state index in [1.54, 1.807) is 0 Å². The third-order valence-corrected chi connectivity index (χ3v) is 3.50. The van der Waals surface area contributed by atoms with Crippen molar-refractivity contribution in [2.75, 3.05) is 4.90 Å². The molecule has 0 aliphatic carbocycles. The average molecular weight is 219 g/mol. The number of aromatic nitrogens is 1. The average Bonchev–Trinajstić information content (AvgIpc) is 2.30. The zero-order chi connectivity index (χ0) is 11.5. The first-order valence-corrected chi connectivity index (χ1v) is 6.15. The maximum atomic E-state index is 5.58. The molecule has 3 nitrogen and oxygen atoms in total. The lowest BCUT2D eigenvalue weighted by atomic mass is 9.97. The Morgan fingerprint density at radius 3 is 2.50 bits per heavy atom. The second-order valence-electron chi connectivity index (χ2n) is 4.76. The normalized spacial score (nSPS) is 25.8. The summed E-state index contributed by atoms with van der Waals surface area (Å²) in [4.78, 5) is 6.95.